The molecule has 2 nitrogen and oxygen atoms in total. The van der Waals surface area contributed by atoms with Gasteiger partial charge in [-0.2, -0.15) is 13.2 Å². The molecule has 16 heavy (non-hydrogen) atoms. The molecule has 1 N–H and O–H groups in total. The van der Waals surface area contributed by atoms with E-state index < -0.39 is 30.5 Å². The number of rotatable bonds is 6. The third kappa shape index (κ3) is 5.58. The molecular formula is C10H17ClF3NO. The molecule has 96 valence electrons. The maximum Gasteiger partial charge on any atom is 0.389 e. The van der Waals surface area contributed by atoms with Crippen LogP contribution in [0.5, 0.6) is 0 Å². The summed E-state index contributed by atoms with van der Waals surface area (Å²) in [4.78, 5) is 11.3. The normalized spacial score (nSPS) is 12.6. The number of amides is 1. The Balaban J connectivity index is 4.21. The lowest BCUT2D eigenvalue weighted by atomic mass is 9.95. The van der Waals surface area contributed by atoms with Crippen molar-refractivity contribution < 1.29 is 18.0 Å². The zero-order chi connectivity index (χ0) is 12.8. The SMILES string of the molecule is CCC(CC)(CCl)NC(=O)CCC(F)(F)F. The van der Waals surface area contributed by atoms with Gasteiger partial charge >= 0.3 is 6.18 Å². The van der Waals surface area contributed by atoms with Crippen LogP contribution in [-0.4, -0.2) is 23.5 Å². The van der Waals surface area contributed by atoms with E-state index in [9.17, 15) is 18.0 Å². The molecule has 0 fully saturated rings. The van der Waals surface area contributed by atoms with Crippen molar-refractivity contribution in [3.63, 3.8) is 0 Å². The summed E-state index contributed by atoms with van der Waals surface area (Å²) >= 11 is 5.72. The Hall–Kier alpha value is -0.450. The predicted molar refractivity (Wildman–Crippen MR) is 57.5 cm³/mol. The lowest BCUT2D eigenvalue weighted by Crippen LogP contribution is -2.49. The lowest BCUT2D eigenvalue weighted by Gasteiger charge is -2.30. The first kappa shape index (κ1) is 15.6. The van der Waals surface area contributed by atoms with Crippen molar-refractivity contribution in [1.82, 2.24) is 5.32 Å². The van der Waals surface area contributed by atoms with Gasteiger partial charge in [0.25, 0.3) is 0 Å². The van der Waals surface area contributed by atoms with Gasteiger partial charge in [-0.3, -0.25) is 4.79 Å². The highest BCUT2D eigenvalue weighted by Crippen LogP contribution is 2.22. The second-order valence-electron chi connectivity index (χ2n) is 3.78. The number of carbonyl (C=O) groups is 1. The van der Waals surface area contributed by atoms with Gasteiger partial charge in [0.1, 0.15) is 0 Å². The van der Waals surface area contributed by atoms with Crippen molar-refractivity contribution in [3.05, 3.63) is 0 Å². The molecule has 1 amide bonds. The smallest absolute Gasteiger partial charge is 0.349 e. The second-order valence-corrected chi connectivity index (χ2v) is 4.05. The maximum atomic E-state index is 11.9. The minimum atomic E-state index is -4.29. The number of hydrogen-bond acceptors (Lipinski definition) is 1. The van der Waals surface area contributed by atoms with Crippen molar-refractivity contribution in [1.29, 1.82) is 0 Å². The molecule has 0 unspecified atom stereocenters. The van der Waals surface area contributed by atoms with Crippen LogP contribution in [0.15, 0.2) is 0 Å². The molecule has 0 aliphatic heterocycles. The summed E-state index contributed by atoms with van der Waals surface area (Å²) in [5.41, 5.74) is -0.579. The molecule has 0 aromatic carbocycles. The molecule has 0 rings (SSSR count). The third-order valence-corrected chi connectivity index (χ3v) is 3.16. The first-order valence-electron chi connectivity index (χ1n) is 5.22. The monoisotopic (exact) mass is 259 g/mol. The number of halogens is 4. The minimum absolute atomic E-state index is 0.206. The molecule has 0 radical (unpaired) electrons. The van der Waals surface area contributed by atoms with E-state index in [1.54, 1.807) is 0 Å². The summed E-state index contributed by atoms with van der Waals surface area (Å²) in [6, 6.07) is 0. The number of nitrogens with one attached hydrogen (secondary N) is 1. The van der Waals surface area contributed by atoms with Gasteiger partial charge in [-0.05, 0) is 12.8 Å². The molecule has 6 heteroatoms. The minimum Gasteiger partial charge on any atom is -0.349 e. The van der Waals surface area contributed by atoms with Crippen LogP contribution in [0.2, 0.25) is 0 Å². The summed E-state index contributed by atoms with van der Waals surface area (Å²) in [5, 5.41) is 2.58. The molecule has 0 saturated carbocycles. The van der Waals surface area contributed by atoms with Crippen LogP contribution in [0.4, 0.5) is 13.2 Å². The summed E-state index contributed by atoms with van der Waals surface area (Å²) in [5.74, 6) is -0.390. The van der Waals surface area contributed by atoms with Crippen LogP contribution in [0.25, 0.3) is 0 Å². The molecule has 0 spiro atoms. The third-order valence-electron chi connectivity index (χ3n) is 2.65. The summed E-state index contributed by atoms with van der Waals surface area (Å²) in [6.07, 6.45) is -4.72. The van der Waals surface area contributed by atoms with Crippen LogP contribution < -0.4 is 5.32 Å². The zero-order valence-corrected chi connectivity index (χ0v) is 10.2. The molecule has 0 saturated heterocycles. The molecule has 0 atom stereocenters. The Morgan fingerprint density at radius 1 is 1.25 bits per heavy atom. The van der Waals surface area contributed by atoms with Crippen LogP contribution in [-0.2, 0) is 4.79 Å². The van der Waals surface area contributed by atoms with E-state index in [0.29, 0.717) is 12.8 Å². The molecule has 0 bridgehead atoms. The van der Waals surface area contributed by atoms with Crippen molar-refractivity contribution in [2.75, 3.05) is 5.88 Å². The van der Waals surface area contributed by atoms with E-state index in [-0.39, 0.29) is 5.88 Å². The highest BCUT2D eigenvalue weighted by atomic mass is 35.5. The predicted octanol–water partition coefficient (Wildman–Crippen LogP) is 3.24. The molecule has 0 heterocycles. The molecule has 0 aromatic heterocycles. The fourth-order valence-corrected chi connectivity index (χ4v) is 1.71. The largest absolute Gasteiger partial charge is 0.389 e. The number of carbonyl (C=O) groups excluding carboxylic acids is 1. The van der Waals surface area contributed by atoms with Gasteiger partial charge in [0.2, 0.25) is 5.91 Å². The van der Waals surface area contributed by atoms with Crippen LogP contribution >= 0.6 is 11.6 Å². The van der Waals surface area contributed by atoms with Gasteiger partial charge in [-0.15, -0.1) is 11.6 Å². The first-order valence-corrected chi connectivity index (χ1v) is 5.75. The topological polar surface area (TPSA) is 29.1 Å². The van der Waals surface area contributed by atoms with E-state index >= 15 is 0 Å². The van der Waals surface area contributed by atoms with Gasteiger partial charge in [-0.25, -0.2) is 0 Å². The van der Waals surface area contributed by atoms with Crippen molar-refractivity contribution >= 4 is 17.5 Å². The summed E-state index contributed by atoms with van der Waals surface area (Å²) in [6.45, 7) is 3.69. The molecular weight excluding hydrogens is 243 g/mol. The van der Waals surface area contributed by atoms with Crippen molar-refractivity contribution in [2.45, 2.75) is 51.2 Å². The van der Waals surface area contributed by atoms with Gasteiger partial charge < -0.3 is 5.32 Å². The van der Waals surface area contributed by atoms with E-state index in [0.717, 1.165) is 0 Å². The lowest BCUT2D eigenvalue weighted by molar-refractivity contribution is -0.144. The highest BCUT2D eigenvalue weighted by molar-refractivity contribution is 6.18. The van der Waals surface area contributed by atoms with E-state index in [2.05, 4.69) is 5.32 Å². The Morgan fingerprint density at radius 3 is 2.06 bits per heavy atom. The van der Waals surface area contributed by atoms with Crippen LogP contribution in [0.1, 0.15) is 39.5 Å². The average Bonchev–Trinajstić information content (AvgIpc) is 2.22. The van der Waals surface area contributed by atoms with E-state index in [1.165, 1.54) is 0 Å². The average molecular weight is 260 g/mol. The Bertz CT molecular complexity index is 218. The standard InChI is InChI=1S/C10H17ClF3NO/c1-3-9(4-2,7-11)15-8(16)5-6-10(12,13)14/h3-7H2,1-2H3,(H,15,16). The van der Waals surface area contributed by atoms with Crippen molar-refractivity contribution in [2.24, 2.45) is 0 Å². The first-order chi connectivity index (χ1) is 7.28. The van der Waals surface area contributed by atoms with E-state index in [4.69, 9.17) is 11.6 Å². The molecule has 0 aliphatic carbocycles. The Morgan fingerprint density at radius 2 is 1.75 bits per heavy atom. The van der Waals surface area contributed by atoms with Gasteiger partial charge in [0.15, 0.2) is 0 Å². The van der Waals surface area contributed by atoms with E-state index in [1.807, 2.05) is 13.8 Å². The number of hydrogen-bond donors (Lipinski definition) is 1. The zero-order valence-electron chi connectivity index (χ0n) is 9.46. The molecule has 0 aromatic rings. The fraction of sp³-hybridized carbons (Fsp3) is 0.900. The van der Waals surface area contributed by atoms with Gasteiger partial charge in [0, 0.05) is 12.3 Å². The van der Waals surface area contributed by atoms with Crippen LogP contribution in [0.3, 0.4) is 0 Å². The second kappa shape index (κ2) is 6.33. The fourth-order valence-electron chi connectivity index (χ4n) is 1.26. The maximum absolute atomic E-state index is 11.9. The Kier molecular flexibility index (Phi) is 6.15. The molecule has 0 aliphatic rings. The van der Waals surface area contributed by atoms with Crippen molar-refractivity contribution in [3.8, 4) is 0 Å². The van der Waals surface area contributed by atoms with Crippen LogP contribution in [0, 0.1) is 0 Å². The highest BCUT2D eigenvalue weighted by Gasteiger charge is 2.31. The summed E-state index contributed by atoms with van der Waals surface area (Å²) in [7, 11) is 0. The summed E-state index contributed by atoms with van der Waals surface area (Å²) < 4.78 is 35.7. The number of alkyl halides is 4. The Labute approximate surface area is 98.5 Å². The quantitative estimate of drug-likeness (QED) is 0.729. The van der Waals surface area contributed by atoms with Gasteiger partial charge in [-0.1, -0.05) is 13.8 Å². The van der Waals surface area contributed by atoms with Gasteiger partial charge in [0.05, 0.1) is 12.0 Å².